The van der Waals surface area contributed by atoms with Crippen LogP contribution in [0.5, 0.6) is 0 Å². The van der Waals surface area contributed by atoms with Crippen LogP contribution < -0.4 is 10.6 Å². The van der Waals surface area contributed by atoms with Crippen LogP contribution in [-0.4, -0.2) is 38.7 Å². The highest BCUT2D eigenvalue weighted by Crippen LogP contribution is 2.18. The van der Waals surface area contributed by atoms with Crippen LogP contribution in [0.4, 0.5) is 5.69 Å². The summed E-state index contributed by atoms with van der Waals surface area (Å²) in [5, 5.41) is 20.4. The van der Waals surface area contributed by atoms with Gasteiger partial charge in [0.2, 0.25) is 5.91 Å². The number of aliphatic carboxylic acids is 1. The Morgan fingerprint density at radius 1 is 1.31 bits per heavy atom. The van der Waals surface area contributed by atoms with Crippen LogP contribution in [0.15, 0.2) is 29.9 Å². The van der Waals surface area contributed by atoms with Crippen LogP contribution in [0.25, 0.3) is 0 Å². The molecule has 140 valence electrons. The number of hydrogen-bond donors (Lipinski definition) is 3. The first kappa shape index (κ1) is 19.6. The number of hydrogen-bond acceptors (Lipinski definition) is 5. The van der Waals surface area contributed by atoms with Crippen molar-refractivity contribution in [1.82, 2.24) is 15.1 Å². The van der Waals surface area contributed by atoms with Crippen molar-refractivity contribution in [2.75, 3.05) is 5.32 Å². The first-order chi connectivity index (χ1) is 12.1. The summed E-state index contributed by atoms with van der Waals surface area (Å²) in [6.45, 7) is 6.67. The number of carbonyl (C=O) groups is 3. The number of carboxylic acid groups (broad SMARTS) is 1. The van der Waals surface area contributed by atoms with Gasteiger partial charge in [-0.1, -0.05) is 19.9 Å². The van der Waals surface area contributed by atoms with E-state index in [4.69, 9.17) is 0 Å². The second kappa shape index (κ2) is 7.69. The molecular formula is C17H22N4O4S. The monoisotopic (exact) mass is 378 g/mol. The number of carboxylic acids is 1. The standard InChI is InChI=1S/C17H22N4O4S/c1-10(2)13(20-14(22)12-6-5-7-26-12)15(23)19-11-8-18-21(9-11)17(3,4)16(24)25/h5-10,13H,1-4H3,(H,19,23)(H,20,22)(H,24,25). The zero-order valence-corrected chi connectivity index (χ0v) is 15.8. The molecule has 0 aromatic carbocycles. The zero-order valence-electron chi connectivity index (χ0n) is 15.0. The first-order valence-corrected chi connectivity index (χ1v) is 8.94. The molecule has 1 unspecified atom stereocenters. The summed E-state index contributed by atoms with van der Waals surface area (Å²) in [4.78, 5) is 36.6. The van der Waals surface area contributed by atoms with Crippen LogP contribution >= 0.6 is 11.3 Å². The van der Waals surface area contributed by atoms with E-state index in [0.717, 1.165) is 0 Å². The molecule has 0 spiro atoms. The van der Waals surface area contributed by atoms with E-state index in [1.807, 2.05) is 13.8 Å². The first-order valence-electron chi connectivity index (χ1n) is 8.06. The van der Waals surface area contributed by atoms with Gasteiger partial charge in [0.05, 0.1) is 16.8 Å². The molecule has 2 amide bonds. The Balaban J connectivity index is 2.10. The average Bonchev–Trinajstić information content (AvgIpc) is 3.23. The summed E-state index contributed by atoms with van der Waals surface area (Å²) in [6, 6.07) is 2.72. The lowest BCUT2D eigenvalue weighted by atomic mass is 10.0. The van der Waals surface area contributed by atoms with Gasteiger partial charge in [0.15, 0.2) is 5.54 Å². The number of nitrogens with zero attached hydrogens (tertiary/aromatic N) is 2. The van der Waals surface area contributed by atoms with Gasteiger partial charge in [-0.3, -0.25) is 14.3 Å². The summed E-state index contributed by atoms with van der Waals surface area (Å²) in [6.07, 6.45) is 2.82. The van der Waals surface area contributed by atoms with Crippen molar-refractivity contribution in [2.24, 2.45) is 5.92 Å². The topological polar surface area (TPSA) is 113 Å². The van der Waals surface area contributed by atoms with E-state index >= 15 is 0 Å². The lowest BCUT2D eigenvalue weighted by Crippen LogP contribution is -2.46. The van der Waals surface area contributed by atoms with E-state index in [1.54, 1.807) is 17.5 Å². The summed E-state index contributed by atoms with van der Waals surface area (Å²) in [7, 11) is 0. The number of thiophene rings is 1. The Labute approximate surface area is 155 Å². The van der Waals surface area contributed by atoms with Crippen molar-refractivity contribution in [3.63, 3.8) is 0 Å². The van der Waals surface area contributed by atoms with Gasteiger partial charge in [-0.15, -0.1) is 11.3 Å². The number of aromatic nitrogens is 2. The zero-order chi connectivity index (χ0) is 19.5. The third-order valence-corrected chi connectivity index (χ3v) is 4.80. The number of rotatable bonds is 7. The maximum atomic E-state index is 12.6. The second-order valence-corrected chi connectivity index (χ2v) is 7.65. The third kappa shape index (κ3) is 4.29. The largest absolute Gasteiger partial charge is 0.479 e. The predicted octanol–water partition coefficient (Wildman–Crippen LogP) is 2.16. The van der Waals surface area contributed by atoms with Crippen molar-refractivity contribution in [2.45, 2.75) is 39.3 Å². The summed E-state index contributed by atoms with van der Waals surface area (Å²) >= 11 is 1.30. The van der Waals surface area contributed by atoms with E-state index < -0.39 is 23.5 Å². The Hall–Kier alpha value is -2.68. The number of carbonyl (C=O) groups excluding carboxylic acids is 2. The molecule has 0 fully saturated rings. The van der Waals surface area contributed by atoms with Crippen molar-refractivity contribution in [3.8, 4) is 0 Å². The highest BCUT2D eigenvalue weighted by Gasteiger charge is 2.31. The van der Waals surface area contributed by atoms with Gasteiger partial charge in [0.25, 0.3) is 5.91 Å². The van der Waals surface area contributed by atoms with Gasteiger partial charge in [-0.25, -0.2) is 4.79 Å². The molecule has 2 aromatic rings. The van der Waals surface area contributed by atoms with Crippen LogP contribution in [0.3, 0.4) is 0 Å². The molecule has 0 aliphatic carbocycles. The predicted molar refractivity (Wildman–Crippen MR) is 98.2 cm³/mol. The lowest BCUT2D eigenvalue weighted by molar-refractivity contribution is -0.146. The average molecular weight is 378 g/mol. The molecule has 26 heavy (non-hydrogen) atoms. The molecule has 0 aliphatic rings. The highest BCUT2D eigenvalue weighted by atomic mass is 32.1. The quantitative estimate of drug-likeness (QED) is 0.683. The fourth-order valence-corrected chi connectivity index (χ4v) is 2.79. The fourth-order valence-electron chi connectivity index (χ4n) is 2.17. The molecule has 0 saturated heterocycles. The fraction of sp³-hybridized carbons (Fsp3) is 0.412. The second-order valence-electron chi connectivity index (χ2n) is 6.70. The third-order valence-electron chi connectivity index (χ3n) is 3.93. The van der Waals surface area contributed by atoms with E-state index in [2.05, 4.69) is 15.7 Å². The van der Waals surface area contributed by atoms with E-state index in [1.165, 1.54) is 42.3 Å². The van der Waals surface area contributed by atoms with Crippen LogP contribution in [0.2, 0.25) is 0 Å². The Morgan fingerprint density at radius 2 is 2.00 bits per heavy atom. The SMILES string of the molecule is CC(C)C(NC(=O)c1cccs1)C(=O)Nc1cnn(C(C)(C)C(=O)O)c1. The van der Waals surface area contributed by atoms with E-state index in [9.17, 15) is 19.5 Å². The van der Waals surface area contributed by atoms with Crippen molar-refractivity contribution in [1.29, 1.82) is 0 Å². The molecule has 2 heterocycles. The van der Waals surface area contributed by atoms with Gasteiger partial charge in [0.1, 0.15) is 6.04 Å². The molecule has 8 nitrogen and oxygen atoms in total. The molecule has 9 heteroatoms. The van der Waals surface area contributed by atoms with Crippen molar-refractivity contribution >= 4 is 34.8 Å². The molecule has 2 aromatic heterocycles. The molecule has 0 radical (unpaired) electrons. The summed E-state index contributed by atoms with van der Waals surface area (Å²) < 4.78 is 1.26. The van der Waals surface area contributed by atoms with Gasteiger partial charge >= 0.3 is 5.97 Å². The van der Waals surface area contributed by atoms with E-state index in [0.29, 0.717) is 10.6 Å². The molecule has 1 atom stereocenters. The molecular weight excluding hydrogens is 356 g/mol. The maximum Gasteiger partial charge on any atom is 0.331 e. The lowest BCUT2D eigenvalue weighted by Gasteiger charge is -2.21. The maximum absolute atomic E-state index is 12.6. The Bertz CT molecular complexity index is 796. The van der Waals surface area contributed by atoms with Crippen molar-refractivity contribution in [3.05, 3.63) is 34.8 Å². The minimum Gasteiger partial charge on any atom is -0.479 e. The van der Waals surface area contributed by atoms with Gasteiger partial charge < -0.3 is 15.7 Å². The van der Waals surface area contributed by atoms with Gasteiger partial charge in [0, 0.05) is 6.20 Å². The van der Waals surface area contributed by atoms with Gasteiger partial charge in [-0.2, -0.15) is 5.10 Å². The minimum absolute atomic E-state index is 0.135. The Kier molecular flexibility index (Phi) is 5.81. The van der Waals surface area contributed by atoms with Crippen LogP contribution in [0.1, 0.15) is 37.4 Å². The molecule has 0 bridgehead atoms. The summed E-state index contributed by atoms with van der Waals surface area (Å²) in [5.41, 5.74) is -0.881. The van der Waals surface area contributed by atoms with Crippen LogP contribution in [-0.2, 0) is 15.1 Å². The molecule has 2 rings (SSSR count). The van der Waals surface area contributed by atoms with Crippen molar-refractivity contribution < 1.29 is 19.5 Å². The Morgan fingerprint density at radius 3 is 2.54 bits per heavy atom. The normalized spacial score (nSPS) is 12.7. The molecule has 0 saturated carbocycles. The highest BCUT2D eigenvalue weighted by molar-refractivity contribution is 7.12. The minimum atomic E-state index is -1.24. The summed E-state index contributed by atoms with van der Waals surface area (Å²) in [5.74, 6) is -1.87. The number of nitrogens with one attached hydrogen (secondary N) is 2. The van der Waals surface area contributed by atoms with E-state index in [-0.39, 0.29) is 11.8 Å². The van der Waals surface area contributed by atoms with Gasteiger partial charge in [-0.05, 0) is 31.2 Å². The number of anilines is 1. The smallest absolute Gasteiger partial charge is 0.331 e. The van der Waals surface area contributed by atoms with Crippen LogP contribution in [0, 0.1) is 5.92 Å². The molecule has 0 aliphatic heterocycles. The molecule has 3 N–H and O–H groups in total. The number of amides is 2.